The summed E-state index contributed by atoms with van der Waals surface area (Å²) in [6.07, 6.45) is 1.28. The first-order valence-corrected chi connectivity index (χ1v) is 11.1. The molecule has 0 fully saturated rings. The van der Waals surface area contributed by atoms with E-state index in [1.54, 1.807) is 48.5 Å². The summed E-state index contributed by atoms with van der Waals surface area (Å²) in [6.45, 7) is 0. The van der Waals surface area contributed by atoms with Crippen LogP contribution < -0.4 is 30.5 Å². The second-order valence-electron chi connectivity index (χ2n) is 7.61. The van der Waals surface area contributed by atoms with Crippen molar-refractivity contribution < 1.29 is 23.8 Å². The number of carbonyl (C=O) groups excluding carboxylic acids is 2. The molecular formula is C26H22ClN3O6. The Balaban J connectivity index is 1.72. The molecule has 1 aromatic heterocycles. The molecule has 2 N–H and O–H groups in total. The predicted octanol–water partition coefficient (Wildman–Crippen LogP) is 4.32. The van der Waals surface area contributed by atoms with Gasteiger partial charge in [-0.25, -0.2) is 4.68 Å². The van der Waals surface area contributed by atoms with Crippen molar-refractivity contribution in [3.63, 3.8) is 0 Å². The van der Waals surface area contributed by atoms with Crippen molar-refractivity contribution in [1.82, 2.24) is 4.68 Å². The number of ether oxygens (including phenoxy) is 3. The minimum atomic E-state index is -0.599. The van der Waals surface area contributed by atoms with Crippen LogP contribution >= 0.6 is 11.6 Å². The van der Waals surface area contributed by atoms with E-state index in [0.29, 0.717) is 33.3 Å². The van der Waals surface area contributed by atoms with Crippen LogP contribution in [0.25, 0.3) is 10.8 Å². The molecule has 0 bridgehead atoms. The number of rotatable bonds is 7. The average Bonchev–Trinajstić information content (AvgIpc) is 2.89. The zero-order chi connectivity index (χ0) is 25.8. The largest absolute Gasteiger partial charge is 0.497 e. The van der Waals surface area contributed by atoms with E-state index in [0.717, 1.165) is 4.68 Å². The van der Waals surface area contributed by atoms with E-state index in [-0.39, 0.29) is 16.5 Å². The number of benzene rings is 3. The van der Waals surface area contributed by atoms with E-state index in [1.807, 2.05) is 0 Å². The van der Waals surface area contributed by atoms with Crippen molar-refractivity contribution in [2.45, 2.75) is 0 Å². The number of hydrogen-bond acceptors (Lipinski definition) is 6. The van der Waals surface area contributed by atoms with Crippen molar-refractivity contribution in [2.75, 3.05) is 32.1 Å². The summed E-state index contributed by atoms with van der Waals surface area (Å²) < 4.78 is 16.5. The van der Waals surface area contributed by atoms with Gasteiger partial charge in [0, 0.05) is 34.3 Å². The topological polar surface area (TPSA) is 108 Å². The highest BCUT2D eigenvalue weighted by atomic mass is 35.5. The highest BCUT2D eigenvalue weighted by molar-refractivity contribution is 6.32. The molecule has 10 heteroatoms. The number of nitrogens with one attached hydrogen (secondary N) is 2. The van der Waals surface area contributed by atoms with Gasteiger partial charge in [0.15, 0.2) is 0 Å². The fourth-order valence-corrected chi connectivity index (χ4v) is 3.87. The third kappa shape index (κ3) is 4.96. The highest BCUT2D eigenvalue weighted by Gasteiger charge is 2.18. The molecule has 0 saturated carbocycles. The van der Waals surface area contributed by atoms with Crippen LogP contribution in [0, 0.1) is 0 Å². The molecule has 0 aliphatic heterocycles. The first kappa shape index (κ1) is 24.6. The van der Waals surface area contributed by atoms with Crippen molar-refractivity contribution in [2.24, 2.45) is 0 Å². The van der Waals surface area contributed by atoms with Gasteiger partial charge in [0.25, 0.3) is 17.4 Å². The molecule has 2 amide bonds. The van der Waals surface area contributed by atoms with Gasteiger partial charge in [-0.1, -0.05) is 29.8 Å². The Hall–Kier alpha value is -4.50. The number of aromatic nitrogens is 1. The number of pyridine rings is 1. The fraction of sp³-hybridized carbons (Fsp3) is 0.115. The summed E-state index contributed by atoms with van der Waals surface area (Å²) in [4.78, 5) is 39.4. The molecule has 0 saturated heterocycles. The normalized spacial score (nSPS) is 10.6. The summed E-state index contributed by atoms with van der Waals surface area (Å²) >= 11 is 6.17. The zero-order valence-electron chi connectivity index (χ0n) is 19.6. The monoisotopic (exact) mass is 507 g/mol. The predicted molar refractivity (Wildman–Crippen MR) is 137 cm³/mol. The summed E-state index contributed by atoms with van der Waals surface area (Å²) in [5.74, 6) is 0.175. The van der Waals surface area contributed by atoms with E-state index in [4.69, 9.17) is 25.8 Å². The maximum atomic E-state index is 13.2. The number of anilines is 1. The van der Waals surface area contributed by atoms with Gasteiger partial charge in [-0.2, -0.15) is 0 Å². The average molecular weight is 508 g/mol. The highest BCUT2D eigenvalue weighted by Crippen LogP contribution is 2.28. The molecule has 184 valence electrons. The summed E-state index contributed by atoms with van der Waals surface area (Å²) in [5, 5.41) is 3.76. The maximum absolute atomic E-state index is 13.2. The molecule has 0 atom stereocenters. The molecule has 36 heavy (non-hydrogen) atoms. The van der Waals surface area contributed by atoms with E-state index < -0.39 is 17.4 Å². The quantitative estimate of drug-likeness (QED) is 0.386. The SMILES string of the molecule is COc1cc(OC)cc(C(=O)Nn2cc(C(=O)Nc3ccc(OC)c(Cl)c3)c3ccccc3c2=O)c1. The second-order valence-corrected chi connectivity index (χ2v) is 8.02. The molecule has 3 aromatic carbocycles. The van der Waals surface area contributed by atoms with Gasteiger partial charge in [-0.3, -0.25) is 19.8 Å². The fourth-order valence-electron chi connectivity index (χ4n) is 3.61. The van der Waals surface area contributed by atoms with E-state index in [9.17, 15) is 14.4 Å². The number of methoxy groups -OCH3 is 3. The van der Waals surface area contributed by atoms with Gasteiger partial charge in [-0.05, 0) is 36.4 Å². The van der Waals surface area contributed by atoms with Gasteiger partial charge in [-0.15, -0.1) is 0 Å². The molecule has 0 radical (unpaired) electrons. The molecule has 0 aliphatic rings. The Kier molecular flexibility index (Phi) is 7.12. The zero-order valence-corrected chi connectivity index (χ0v) is 20.4. The van der Waals surface area contributed by atoms with Gasteiger partial charge < -0.3 is 19.5 Å². The third-order valence-corrected chi connectivity index (χ3v) is 5.71. The van der Waals surface area contributed by atoms with Crippen LogP contribution in [0.5, 0.6) is 17.2 Å². The standard InChI is InChI=1S/C26H22ClN3O6/c1-34-17-10-15(11-18(13-17)35-2)24(31)29-30-14-21(19-6-4-5-7-20(19)26(30)33)25(32)28-16-8-9-23(36-3)22(27)12-16/h4-14H,1-3H3,(H,28,32)(H,29,31). The van der Waals surface area contributed by atoms with Crippen LogP contribution in [0.15, 0.2) is 71.7 Å². The summed E-state index contributed by atoms with van der Waals surface area (Å²) in [6, 6.07) is 16.1. The summed E-state index contributed by atoms with van der Waals surface area (Å²) in [7, 11) is 4.42. The lowest BCUT2D eigenvalue weighted by molar-refractivity contribution is 0.0999. The molecule has 1 heterocycles. The third-order valence-electron chi connectivity index (χ3n) is 5.41. The Labute approximate surface area is 211 Å². The Morgan fingerprint density at radius 2 is 1.50 bits per heavy atom. The van der Waals surface area contributed by atoms with Crippen LogP contribution in [0.3, 0.4) is 0 Å². The number of fused-ring (bicyclic) bond motifs is 1. The molecule has 4 rings (SSSR count). The van der Waals surface area contributed by atoms with Crippen LogP contribution in [0.2, 0.25) is 5.02 Å². The number of nitrogens with zero attached hydrogens (tertiary/aromatic N) is 1. The van der Waals surface area contributed by atoms with Gasteiger partial charge in [0.1, 0.15) is 17.2 Å². The molecule has 4 aromatic rings. The minimum absolute atomic E-state index is 0.167. The number of amides is 2. The molecular weight excluding hydrogens is 486 g/mol. The van der Waals surface area contributed by atoms with Gasteiger partial charge in [0.05, 0.1) is 31.9 Å². The molecule has 0 aliphatic carbocycles. The molecule has 0 spiro atoms. The first-order valence-electron chi connectivity index (χ1n) is 10.7. The smallest absolute Gasteiger partial charge is 0.277 e. The van der Waals surface area contributed by atoms with E-state index in [2.05, 4.69) is 10.7 Å². The lowest BCUT2D eigenvalue weighted by Crippen LogP contribution is -2.34. The Morgan fingerprint density at radius 1 is 0.833 bits per heavy atom. The second kappa shape index (κ2) is 10.4. The van der Waals surface area contributed by atoms with Crippen molar-refractivity contribution in [3.8, 4) is 17.2 Å². The number of carbonyl (C=O) groups is 2. The minimum Gasteiger partial charge on any atom is -0.497 e. The molecule has 0 unspecified atom stereocenters. The van der Waals surface area contributed by atoms with Crippen LogP contribution in [-0.4, -0.2) is 37.8 Å². The van der Waals surface area contributed by atoms with E-state index >= 15 is 0 Å². The Bertz CT molecular complexity index is 1510. The number of hydrogen-bond donors (Lipinski definition) is 2. The van der Waals surface area contributed by atoms with Gasteiger partial charge in [0.2, 0.25) is 0 Å². The Morgan fingerprint density at radius 3 is 2.11 bits per heavy atom. The maximum Gasteiger partial charge on any atom is 0.277 e. The lowest BCUT2D eigenvalue weighted by Gasteiger charge is -2.14. The van der Waals surface area contributed by atoms with Crippen molar-refractivity contribution in [1.29, 1.82) is 0 Å². The van der Waals surface area contributed by atoms with E-state index in [1.165, 1.54) is 39.7 Å². The lowest BCUT2D eigenvalue weighted by atomic mass is 10.1. The van der Waals surface area contributed by atoms with Crippen LogP contribution in [0.1, 0.15) is 20.7 Å². The molecule has 9 nitrogen and oxygen atoms in total. The van der Waals surface area contributed by atoms with Crippen molar-refractivity contribution in [3.05, 3.63) is 93.4 Å². The number of halogens is 1. The van der Waals surface area contributed by atoms with Gasteiger partial charge >= 0.3 is 0 Å². The van der Waals surface area contributed by atoms with Crippen LogP contribution in [-0.2, 0) is 0 Å². The first-order chi connectivity index (χ1) is 17.3. The summed E-state index contributed by atoms with van der Waals surface area (Å²) in [5.41, 5.74) is 2.84. The van der Waals surface area contributed by atoms with Crippen molar-refractivity contribution >= 4 is 39.9 Å². The van der Waals surface area contributed by atoms with Crippen LogP contribution in [0.4, 0.5) is 5.69 Å².